The molecule has 3 aromatic carbocycles. The van der Waals surface area contributed by atoms with Crippen molar-refractivity contribution in [2.45, 2.75) is 32.9 Å². The van der Waals surface area contributed by atoms with Gasteiger partial charge >= 0.3 is 0 Å². The number of ether oxygens (including phenoxy) is 1. The summed E-state index contributed by atoms with van der Waals surface area (Å²) < 4.78 is 7.98. The number of amides is 1. The third-order valence-corrected chi connectivity index (χ3v) is 5.60. The zero-order valence-corrected chi connectivity index (χ0v) is 18.8. The van der Waals surface area contributed by atoms with Gasteiger partial charge in [-0.05, 0) is 56.2 Å². The molecule has 4 rings (SSSR count). The number of unbranched alkanes of at least 4 members (excludes halogenated alkanes) is 1. The molecule has 0 fully saturated rings. The lowest BCUT2D eigenvalue weighted by atomic mass is 10.1. The highest BCUT2D eigenvalue weighted by Gasteiger charge is 2.12. The minimum Gasteiger partial charge on any atom is -0.492 e. The number of imidazole rings is 1. The largest absolute Gasteiger partial charge is 0.492 e. The van der Waals surface area contributed by atoms with Crippen LogP contribution in [-0.4, -0.2) is 22.1 Å². The predicted octanol–water partition coefficient (Wildman–Crippen LogP) is 5.79. The van der Waals surface area contributed by atoms with Gasteiger partial charge in [-0.3, -0.25) is 4.79 Å². The highest BCUT2D eigenvalue weighted by Crippen LogP contribution is 2.23. The van der Waals surface area contributed by atoms with Crippen LogP contribution in [-0.2, 0) is 13.1 Å². The van der Waals surface area contributed by atoms with Gasteiger partial charge in [-0.15, -0.1) is 0 Å². The first-order valence-electron chi connectivity index (χ1n) is 10.8. The molecule has 164 valence electrons. The Morgan fingerprint density at radius 1 is 1.03 bits per heavy atom. The fraction of sp³-hybridized carbons (Fsp3) is 0.231. The summed E-state index contributed by atoms with van der Waals surface area (Å²) >= 11 is 6.15. The quantitative estimate of drug-likeness (QED) is 0.330. The summed E-state index contributed by atoms with van der Waals surface area (Å²) in [5.41, 5.74) is 3.72. The lowest BCUT2D eigenvalue weighted by Gasteiger charge is -2.11. The molecule has 0 saturated heterocycles. The summed E-state index contributed by atoms with van der Waals surface area (Å²) in [6.07, 6.45) is 1.80. The second kappa shape index (κ2) is 10.3. The maximum absolute atomic E-state index is 12.6. The van der Waals surface area contributed by atoms with E-state index < -0.39 is 0 Å². The van der Waals surface area contributed by atoms with Crippen LogP contribution in [0.2, 0.25) is 5.02 Å². The Balaban J connectivity index is 1.39. The van der Waals surface area contributed by atoms with Gasteiger partial charge < -0.3 is 14.6 Å². The van der Waals surface area contributed by atoms with Gasteiger partial charge in [0.05, 0.1) is 29.2 Å². The van der Waals surface area contributed by atoms with Crippen molar-refractivity contribution in [1.82, 2.24) is 14.9 Å². The Bertz CT molecular complexity index is 1220. The third-order valence-electron chi connectivity index (χ3n) is 5.29. The molecular formula is C26H26ClN3O2. The summed E-state index contributed by atoms with van der Waals surface area (Å²) in [6, 6.07) is 23.1. The lowest BCUT2D eigenvalue weighted by Crippen LogP contribution is -2.25. The number of rotatable bonds is 9. The first-order chi connectivity index (χ1) is 15.6. The molecule has 0 unspecified atom stereocenters. The van der Waals surface area contributed by atoms with E-state index in [1.807, 2.05) is 73.7 Å². The Labute approximate surface area is 193 Å². The zero-order chi connectivity index (χ0) is 22.3. The van der Waals surface area contributed by atoms with Crippen molar-refractivity contribution < 1.29 is 9.53 Å². The molecule has 0 bridgehead atoms. The highest BCUT2D eigenvalue weighted by atomic mass is 35.5. The summed E-state index contributed by atoms with van der Waals surface area (Å²) in [7, 11) is 0. The Morgan fingerprint density at radius 3 is 2.69 bits per heavy atom. The van der Waals surface area contributed by atoms with Gasteiger partial charge in [-0.25, -0.2) is 4.98 Å². The smallest absolute Gasteiger partial charge is 0.251 e. The number of hydrogen-bond donors (Lipinski definition) is 1. The molecule has 5 nitrogen and oxygen atoms in total. The molecule has 1 amide bonds. The van der Waals surface area contributed by atoms with Crippen LogP contribution in [0.1, 0.15) is 34.6 Å². The maximum Gasteiger partial charge on any atom is 0.251 e. The van der Waals surface area contributed by atoms with Gasteiger partial charge in [0.25, 0.3) is 5.91 Å². The Morgan fingerprint density at radius 2 is 1.84 bits per heavy atom. The first-order valence-corrected chi connectivity index (χ1v) is 11.2. The van der Waals surface area contributed by atoms with E-state index in [4.69, 9.17) is 21.3 Å². The third kappa shape index (κ3) is 5.29. The molecule has 32 heavy (non-hydrogen) atoms. The molecule has 0 spiro atoms. The number of fused-ring (bicyclic) bond motifs is 1. The highest BCUT2D eigenvalue weighted by molar-refractivity contribution is 6.32. The van der Waals surface area contributed by atoms with Gasteiger partial charge in [-0.2, -0.15) is 0 Å². The second-order valence-electron chi connectivity index (χ2n) is 7.71. The van der Waals surface area contributed by atoms with E-state index in [0.717, 1.165) is 41.8 Å². The molecule has 0 saturated carbocycles. The number of hydrogen-bond acceptors (Lipinski definition) is 3. The minimum atomic E-state index is -0.0968. The van der Waals surface area contributed by atoms with E-state index in [9.17, 15) is 4.79 Å². The van der Waals surface area contributed by atoms with Crippen LogP contribution in [0.3, 0.4) is 0 Å². The minimum absolute atomic E-state index is 0.0968. The van der Waals surface area contributed by atoms with Gasteiger partial charge in [0, 0.05) is 12.1 Å². The summed E-state index contributed by atoms with van der Waals surface area (Å²) in [5.74, 6) is 1.46. The Hall–Kier alpha value is -3.31. The van der Waals surface area contributed by atoms with E-state index in [1.54, 1.807) is 0 Å². The monoisotopic (exact) mass is 447 g/mol. The number of para-hydroxylation sites is 3. The summed E-state index contributed by atoms with van der Waals surface area (Å²) in [5, 5.41) is 3.64. The molecule has 0 aliphatic carbocycles. The van der Waals surface area contributed by atoms with E-state index in [1.165, 1.54) is 0 Å². The van der Waals surface area contributed by atoms with Gasteiger partial charge in [-0.1, -0.05) is 53.6 Å². The average molecular weight is 448 g/mol. The number of nitrogens with one attached hydrogen (secondary N) is 1. The SMILES string of the molecule is Cc1cccc(C(=O)NCc2nc3ccccc3n2CCCCOc2ccccc2Cl)c1. The number of nitrogens with zero attached hydrogens (tertiary/aromatic N) is 2. The number of aromatic nitrogens is 2. The van der Waals surface area contributed by atoms with E-state index in [0.29, 0.717) is 29.5 Å². The van der Waals surface area contributed by atoms with Gasteiger partial charge in [0.15, 0.2) is 0 Å². The van der Waals surface area contributed by atoms with E-state index in [-0.39, 0.29) is 5.91 Å². The molecule has 0 aliphatic rings. The Kier molecular flexibility index (Phi) is 7.07. The normalized spacial score (nSPS) is 10.9. The fourth-order valence-corrected chi connectivity index (χ4v) is 3.86. The number of aryl methyl sites for hydroxylation is 2. The number of benzene rings is 3. The average Bonchev–Trinajstić information content (AvgIpc) is 3.16. The van der Waals surface area contributed by atoms with Crippen LogP contribution in [0, 0.1) is 6.92 Å². The fourth-order valence-electron chi connectivity index (χ4n) is 3.67. The van der Waals surface area contributed by atoms with Gasteiger partial charge in [0.2, 0.25) is 0 Å². The second-order valence-corrected chi connectivity index (χ2v) is 8.11. The molecule has 1 aromatic heterocycles. The van der Waals surface area contributed by atoms with Crippen LogP contribution in [0.25, 0.3) is 11.0 Å². The molecule has 0 aliphatic heterocycles. The van der Waals surface area contributed by atoms with Crippen molar-refractivity contribution in [1.29, 1.82) is 0 Å². The van der Waals surface area contributed by atoms with Crippen molar-refractivity contribution >= 4 is 28.5 Å². The van der Waals surface area contributed by atoms with E-state index >= 15 is 0 Å². The number of carbonyl (C=O) groups excluding carboxylic acids is 1. The molecule has 6 heteroatoms. The van der Waals surface area contributed by atoms with Crippen LogP contribution in [0.4, 0.5) is 0 Å². The maximum atomic E-state index is 12.6. The first kappa shape index (κ1) is 21.9. The summed E-state index contributed by atoms with van der Waals surface area (Å²) in [4.78, 5) is 17.3. The molecule has 0 atom stereocenters. The standard InChI is InChI=1S/C26H26ClN3O2/c1-19-9-8-10-20(17-19)26(31)28-18-25-29-22-12-3-4-13-23(22)30(25)15-6-7-16-32-24-14-5-2-11-21(24)27/h2-5,8-14,17H,6-7,15-16,18H2,1H3,(H,28,31). The molecule has 1 N–H and O–H groups in total. The van der Waals surface area contributed by atoms with Crippen molar-refractivity contribution in [3.63, 3.8) is 0 Å². The van der Waals surface area contributed by atoms with E-state index in [2.05, 4.69) is 16.0 Å². The van der Waals surface area contributed by atoms with Crippen LogP contribution in [0.5, 0.6) is 5.75 Å². The molecule has 0 radical (unpaired) electrons. The lowest BCUT2D eigenvalue weighted by molar-refractivity contribution is 0.0949. The number of carbonyl (C=O) groups is 1. The van der Waals surface area contributed by atoms with Crippen molar-refractivity contribution in [2.75, 3.05) is 6.61 Å². The summed E-state index contributed by atoms with van der Waals surface area (Å²) in [6.45, 7) is 3.74. The molecule has 4 aromatic rings. The van der Waals surface area contributed by atoms with Crippen LogP contribution >= 0.6 is 11.6 Å². The van der Waals surface area contributed by atoms with Crippen molar-refractivity contribution in [3.05, 3.63) is 94.8 Å². The molecule has 1 heterocycles. The van der Waals surface area contributed by atoms with Crippen LogP contribution < -0.4 is 10.1 Å². The van der Waals surface area contributed by atoms with Crippen LogP contribution in [0.15, 0.2) is 72.8 Å². The van der Waals surface area contributed by atoms with Crippen molar-refractivity contribution in [2.24, 2.45) is 0 Å². The molecular weight excluding hydrogens is 422 g/mol. The number of halogens is 1. The predicted molar refractivity (Wildman–Crippen MR) is 128 cm³/mol. The zero-order valence-electron chi connectivity index (χ0n) is 18.1. The van der Waals surface area contributed by atoms with Crippen molar-refractivity contribution in [3.8, 4) is 5.75 Å². The van der Waals surface area contributed by atoms with Gasteiger partial charge in [0.1, 0.15) is 11.6 Å². The topological polar surface area (TPSA) is 56.2 Å².